The summed E-state index contributed by atoms with van der Waals surface area (Å²) < 4.78 is 11.6. The predicted molar refractivity (Wildman–Crippen MR) is 124 cm³/mol. The summed E-state index contributed by atoms with van der Waals surface area (Å²) in [5, 5.41) is 14.6. The standard InChI is InChI=1S/C23H20Cl2N4O3/c1-31-19-7-14(23(12-30)11-27-22-15(23)6-13(24)9-26-22)16(25)8-20(19)32-10-21-28-17-4-2-3-5-18(17)29-21/h2-9,30H,10-12H2,1H3,(H,26,27)(H,28,29). The number of H-pyrrole nitrogens is 1. The van der Waals surface area contributed by atoms with Gasteiger partial charge in [0.15, 0.2) is 11.5 Å². The molecule has 1 aliphatic rings. The third kappa shape index (κ3) is 3.43. The summed E-state index contributed by atoms with van der Waals surface area (Å²) in [4.78, 5) is 12.1. The molecule has 0 fully saturated rings. The van der Waals surface area contributed by atoms with Gasteiger partial charge in [-0.25, -0.2) is 9.97 Å². The lowest BCUT2D eigenvalue weighted by Crippen LogP contribution is -2.34. The minimum atomic E-state index is -0.811. The molecule has 1 unspecified atom stereocenters. The van der Waals surface area contributed by atoms with Crippen LogP contribution in [-0.2, 0) is 12.0 Å². The summed E-state index contributed by atoms with van der Waals surface area (Å²) in [7, 11) is 1.56. The van der Waals surface area contributed by atoms with Gasteiger partial charge in [-0.15, -0.1) is 0 Å². The first kappa shape index (κ1) is 20.9. The largest absolute Gasteiger partial charge is 0.493 e. The Morgan fingerprint density at radius 2 is 1.97 bits per heavy atom. The molecule has 32 heavy (non-hydrogen) atoms. The highest BCUT2D eigenvalue weighted by Gasteiger charge is 2.43. The van der Waals surface area contributed by atoms with E-state index < -0.39 is 5.41 Å². The number of hydrogen-bond acceptors (Lipinski definition) is 6. The average Bonchev–Trinajstić information content (AvgIpc) is 3.39. The fourth-order valence-electron chi connectivity index (χ4n) is 4.14. The molecule has 3 heterocycles. The molecule has 0 aliphatic carbocycles. The number of hydrogen-bond donors (Lipinski definition) is 3. The zero-order valence-electron chi connectivity index (χ0n) is 17.2. The Balaban J connectivity index is 1.49. The van der Waals surface area contributed by atoms with Crippen LogP contribution in [-0.4, -0.2) is 40.3 Å². The van der Waals surface area contributed by atoms with Crippen molar-refractivity contribution in [2.75, 3.05) is 25.6 Å². The van der Waals surface area contributed by atoms with E-state index in [9.17, 15) is 5.11 Å². The fraction of sp³-hybridized carbons (Fsp3) is 0.217. The highest BCUT2D eigenvalue weighted by molar-refractivity contribution is 6.32. The number of anilines is 1. The maximum Gasteiger partial charge on any atom is 0.163 e. The van der Waals surface area contributed by atoms with Gasteiger partial charge in [0.2, 0.25) is 0 Å². The Labute approximate surface area is 194 Å². The van der Waals surface area contributed by atoms with Crippen LogP contribution in [0.4, 0.5) is 5.82 Å². The summed E-state index contributed by atoms with van der Waals surface area (Å²) in [5.41, 5.74) is 2.49. The lowest BCUT2D eigenvalue weighted by atomic mass is 9.77. The molecule has 2 aromatic heterocycles. The number of methoxy groups -OCH3 is 1. The van der Waals surface area contributed by atoms with E-state index in [4.69, 9.17) is 32.7 Å². The van der Waals surface area contributed by atoms with Crippen LogP contribution in [0, 0.1) is 0 Å². The van der Waals surface area contributed by atoms with Crippen molar-refractivity contribution in [1.82, 2.24) is 15.0 Å². The van der Waals surface area contributed by atoms with Gasteiger partial charge in [-0.05, 0) is 29.8 Å². The normalized spacial score (nSPS) is 17.2. The second-order valence-corrected chi connectivity index (χ2v) is 8.46. The summed E-state index contributed by atoms with van der Waals surface area (Å²) in [6.45, 7) is 0.459. The minimum absolute atomic E-state index is 0.183. The van der Waals surface area contributed by atoms with Crippen LogP contribution in [0.5, 0.6) is 11.5 Å². The van der Waals surface area contributed by atoms with Gasteiger partial charge in [0.1, 0.15) is 18.2 Å². The van der Waals surface area contributed by atoms with Gasteiger partial charge in [-0.2, -0.15) is 0 Å². The van der Waals surface area contributed by atoms with Crippen LogP contribution in [0.3, 0.4) is 0 Å². The monoisotopic (exact) mass is 470 g/mol. The van der Waals surface area contributed by atoms with Crippen LogP contribution in [0.15, 0.2) is 48.7 Å². The molecule has 0 amide bonds. The smallest absolute Gasteiger partial charge is 0.163 e. The van der Waals surface area contributed by atoms with Gasteiger partial charge >= 0.3 is 0 Å². The quantitative estimate of drug-likeness (QED) is 0.382. The molecule has 0 spiro atoms. The van der Waals surface area contributed by atoms with Crippen molar-refractivity contribution < 1.29 is 14.6 Å². The highest BCUT2D eigenvalue weighted by atomic mass is 35.5. The Kier molecular flexibility index (Phi) is 5.33. The number of aromatic nitrogens is 3. The minimum Gasteiger partial charge on any atom is -0.493 e. The SMILES string of the molecule is COc1cc(C2(CO)CNc3ncc(Cl)cc32)c(Cl)cc1OCc1nc2ccccc2[nH]1. The van der Waals surface area contributed by atoms with Crippen molar-refractivity contribution in [3.05, 3.63) is 75.7 Å². The molecule has 164 valence electrons. The summed E-state index contributed by atoms with van der Waals surface area (Å²) in [5.74, 6) is 2.33. The number of benzene rings is 2. The molecular weight excluding hydrogens is 451 g/mol. The van der Waals surface area contributed by atoms with Crippen LogP contribution in [0.25, 0.3) is 11.0 Å². The van der Waals surface area contributed by atoms with E-state index in [-0.39, 0.29) is 13.2 Å². The number of rotatable bonds is 6. The molecule has 1 aliphatic heterocycles. The molecule has 2 aromatic carbocycles. The zero-order chi connectivity index (χ0) is 22.3. The summed E-state index contributed by atoms with van der Waals surface area (Å²) >= 11 is 12.9. The Hall–Kier alpha value is -3.00. The van der Waals surface area contributed by atoms with Gasteiger partial charge < -0.3 is 24.9 Å². The number of imidazole rings is 1. The van der Waals surface area contributed by atoms with Crippen molar-refractivity contribution in [2.45, 2.75) is 12.0 Å². The second kappa shape index (κ2) is 8.16. The maximum atomic E-state index is 10.4. The molecule has 3 N–H and O–H groups in total. The number of ether oxygens (including phenoxy) is 2. The highest BCUT2D eigenvalue weighted by Crippen LogP contribution is 2.47. The van der Waals surface area contributed by atoms with Crippen molar-refractivity contribution in [1.29, 1.82) is 0 Å². The van der Waals surface area contributed by atoms with Crippen molar-refractivity contribution in [3.63, 3.8) is 0 Å². The Morgan fingerprint density at radius 1 is 1.12 bits per heavy atom. The molecule has 0 saturated heterocycles. The number of nitrogens with one attached hydrogen (secondary N) is 2. The van der Waals surface area contributed by atoms with Crippen molar-refractivity contribution in [3.8, 4) is 11.5 Å². The number of aromatic amines is 1. The summed E-state index contributed by atoms with van der Waals surface area (Å²) in [6, 6.07) is 13.1. The molecular formula is C23H20Cl2N4O3. The average molecular weight is 471 g/mol. The lowest BCUT2D eigenvalue weighted by molar-refractivity contribution is 0.230. The van der Waals surface area contributed by atoms with Gasteiger partial charge in [-0.1, -0.05) is 35.3 Å². The molecule has 0 bridgehead atoms. The van der Waals surface area contributed by atoms with Crippen LogP contribution < -0.4 is 14.8 Å². The van der Waals surface area contributed by atoms with Crippen molar-refractivity contribution >= 4 is 40.1 Å². The number of aliphatic hydroxyl groups is 1. The van der Waals surface area contributed by atoms with E-state index in [1.807, 2.05) is 24.3 Å². The number of para-hydroxylation sites is 2. The van der Waals surface area contributed by atoms with Gasteiger partial charge in [0, 0.05) is 29.4 Å². The van der Waals surface area contributed by atoms with E-state index in [1.54, 1.807) is 31.5 Å². The van der Waals surface area contributed by atoms with E-state index in [1.165, 1.54) is 0 Å². The van der Waals surface area contributed by atoms with Crippen LogP contribution in [0.1, 0.15) is 17.0 Å². The van der Waals surface area contributed by atoms with Gasteiger partial charge in [0.05, 0.1) is 35.2 Å². The van der Waals surface area contributed by atoms with E-state index in [0.29, 0.717) is 45.3 Å². The molecule has 5 rings (SSSR count). The van der Waals surface area contributed by atoms with Crippen molar-refractivity contribution in [2.24, 2.45) is 0 Å². The maximum absolute atomic E-state index is 10.4. The summed E-state index contributed by atoms with van der Waals surface area (Å²) in [6.07, 6.45) is 1.57. The molecule has 9 heteroatoms. The molecule has 4 aromatic rings. The first-order valence-corrected chi connectivity index (χ1v) is 10.7. The fourth-order valence-corrected chi connectivity index (χ4v) is 4.63. The number of nitrogens with zero attached hydrogens (tertiary/aromatic N) is 2. The van der Waals surface area contributed by atoms with E-state index >= 15 is 0 Å². The van der Waals surface area contributed by atoms with E-state index in [0.717, 1.165) is 16.6 Å². The second-order valence-electron chi connectivity index (χ2n) is 7.62. The Morgan fingerprint density at radius 3 is 2.75 bits per heavy atom. The topological polar surface area (TPSA) is 92.3 Å². The van der Waals surface area contributed by atoms with Crippen LogP contribution >= 0.6 is 23.2 Å². The lowest BCUT2D eigenvalue weighted by Gasteiger charge is -2.29. The molecule has 1 atom stereocenters. The number of fused-ring (bicyclic) bond motifs is 2. The number of pyridine rings is 1. The first-order chi connectivity index (χ1) is 15.5. The molecule has 0 saturated carbocycles. The zero-order valence-corrected chi connectivity index (χ0v) is 18.7. The molecule has 0 radical (unpaired) electrons. The third-order valence-corrected chi connectivity index (χ3v) is 6.29. The number of halogens is 2. The molecule has 7 nitrogen and oxygen atoms in total. The van der Waals surface area contributed by atoms with E-state index in [2.05, 4.69) is 20.3 Å². The number of aliphatic hydroxyl groups excluding tert-OH is 1. The predicted octanol–water partition coefficient (Wildman–Crippen LogP) is 4.56. The van der Waals surface area contributed by atoms with Gasteiger partial charge in [-0.3, -0.25) is 0 Å². The van der Waals surface area contributed by atoms with Crippen LogP contribution in [0.2, 0.25) is 10.0 Å². The van der Waals surface area contributed by atoms with Gasteiger partial charge in [0.25, 0.3) is 0 Å². The first-order valence-electron chi connectivity index (χ1n) is 9.99. The Bertz CT molecular complexity index is 1280. The third-order valence-electron chi connectivity index (χ3n) is 5.77.